The molecule has 1 atom stereocenters. The zero-order valence-corrected chi connectivity index (χ0v) is 13.4. The molecular weight excluding hydrogens is 321 g/mol. The first kappa shape index (κ1) is 14.5. The van der Waals surface area contributed by atoms with Crippen LogP contribution in [-0.2, 0) is 6.42 Å². The van der Waals surface area contributed by atoms with E-state index in [0.717, 1.165) is 35.0 Å². The lowest BCUT2D eigenvalue weighted by molar-refractivity contribution is 0.0909. The Morgan fingerprint density at radius 3 is 2.92 bits per heavy atom. The molecule has 0 bridgehead atoms. The average molecular weight is 337 g/mol. The Morgan fingerprint density at radius 2 is 2.20 bits per heavy atom. The summed E-state index contributed by atoms with van der Waals surface area (Å²) in [4.78, 5) is 21.1. The van der Waals surface area contributed by atoms with Gasteiger partial charge in [-0.05, 0) is 48.6 Å². The van der Waals surface area contributed by atoms with E-state index < -0.39 is 12.1 Å². The molecule has 0 radical (unpaired) electrons. The van der Waals surface area contributed by atoms with Crippen molar-refractivity contribution in [3.63, 3.8) is 0 Å². The summed E-state index contributed by atoms with van der Waals surface area (Å²) in [5, 5.41) is 11.0. The molecule has 126 valence electrons. The van der Waals surface area contributed by atoms with Gasteiger partial charge in [-0.25, -0.2) is 9.18 Å². The molecule has 6 heteroatoms. The Balaban J connectivity index is 1.80. The molecule has 1 aliphatic heterocycles. The number of H-pyrrole nitrogens is 1. The Bertz CT molecular complexity index is 1010. The Kier molecular flexibility index (Phi) is 2.78. The summed E-state index contributed by atoms with van der Waals surface area (Å²) >= 11 is 0. The fraction of sp³-hybridized carbons (Fsp3) is 0.263. The van der Waals surface area contributed by atoms with Crippen molar-refractivity contribution in [2.45, 2.75) is 30.8 Å². The van der Waals surface area contributed by atoms with Crippen LogP contribution in [0.15, 0.2) is 42.7 Å². The van der Waals surface area contributed by atoms with Gasteiger partial charge in [-0.2, -0.15) is 0 Å². The Labute approximate surface area is 143 Å². The van der Waals surface area contributed by atoms with E-state index in [1.807, 2.05) is 6.07 Å². The quantitative estimate of drug-likeness (QED) is 0.708. The summed E-state index contributed by atoms with van der Waals surface area (Å²) in [6, 6.07) is 7.64. The highest BCUT2D eigenvalue weighted by molar-refractivity contribution is 5.85. The predicted molar refractivity (Wildman–Crippen MR) is 89.9 cm³/mol. The van der Waals surface area contributed by atoms with Crippen LogP contribution >= 0.6 is 0 Å². The molecule has 1 fully saturated rings. The number of nitrogens with one attached hydrogen (secondary N) is 1. The number of amides is 1. The maximum Gasteiger partial charge on any atom is 0.408 e. The molecule has 0 saturated heterocycles. The summed E-state index contributed by atoms with van der Waals surface area (Å²) in [6.07, 6.45) is 4.89. The summed E-state index contributed by atoms with van der Waals surface area (Å²) in [6.45, 7) is 0. The van der Waals surface area contributed by atoms with E-state index in [-0.39, 0.29) is 11.4 Å². The number of pyridine rings is 1. The van der Waals surface area contributed by atoms with Crippen LogP contribution in [0.2, 0.25) is 0 Å². The van der Waals surface area contributed by atoms with Crippen molar-refractivity contribution in [3.05, 3.63) is 65.4 Å². The van der Waals surface area contributed by atoms with Gasteiger partial charge in [0.1, 0.15) is 11.9 Å². The number of fused-ring (bicyclic) bond motifs is 3. The summed E-state index contributed by atoms with van der Waals surface area (Å²) in [7, 11) is 0. The van der Waals surface area contributed by atoms with Gasteiger partial charge in [0, 0.05) is 17.3 Å². The number of carbonyl (C=O) groups is 1. The molecule has 2 N–H and O–H groups in total. The van der Waals surface area contributed by atoms with Crippen molar-refractivity contribution < 1.29 is 14.3 Å². The molecule has 1 spiro atoms. The van der Waals surface area contributed by atoms with E-state index in [4.69, 9.17) is 0 Å². The second-order valence-electron chi connectivity index (χ2n) is 6.95. The van der Waals surface area contributed by atoms with Crippen molar-refractivity contribution >= 4 is 17.0 Å². The molecular formula is C19H16FN3O2. The Morgan fingerprint density at radius 1 is 1.36 bits per heavy atom. The molecule has 3 heterocycles. The van der Waals surface area contributed by atoms with Gasteiger partial charge in [-0.15, -0.1) is 0 Å². The molecule has 25 heavy (non-hydrogen) atoms. The van der Waals surface area contributed by atoms with Crippen molar-refractivity contribution in [2.24, 2.45) is 0 Å². The third kappa shape index (κ3) is 2.00. The minimum atomic E-state index is -0.964. The lowest BCUT2D eigenvalue weighted by Crippen LogP contribution is -2.49. The van der Waals surface area contributed by atoms with Crippen molar-refractivity contribution in [1.29, 1.82) is 0 Å². The normalized spacial score (nSPS) is 20.7. The van der Waals surface area contributed by atoms with Gasteiger partial charge in [0.2, 0.25) is 0 Å². The van der Waals surface area contributed by atoms with Crippen LogP contribution < -0.4 is 0 Å². The van der Waals surface area contributed by atoms with Gasteiger partial charge in [-0.3, -0.25) is 9.88 Å². The van der Waals surface area contributed by atoms with Crippen LogP contribution in [0, 0.1) is 5.82 Å². The number of aromatic nitrogens is 2. The molecule has 2 aliphatic rings. The van der Waals surface area contributed by atoms with Gasteiger partial charge < -0.3 is 10.1 Å². The molecule has 1 amide bonds. The zero-order chi connectivity index (χ0) is 17.2. The van der Waals surface area contributed by atoms with E-state index in [1.165, 1.54) is 17.0 Å². The van der Waals surface area contributed by atoms with Crippen molar-refractivity contribution in [2.75, 3.05) is 0 Å². The van der Waals surface area contributed by atoms with Crippen molar-refractivity contribution in [3.8, 4) is 0 Å². The minimum absolute atomic E-state index is 0.363. The predicted octanol–water partition coefficient (Wildman–Crippen LogP) is 3.86. The second-order valence-corrected chi connectivity index (χ2v) is 6.95. The number of aromatic amines is 1. The van der Waals surface area contributed by atoms with Gasteiger partial charge in [0.25, 0.3) is 0 Å². The molecule has 1 aromatic carbocycles. The first-order valence-corrected chi connectivity index (χ1v) is 8.31. The van der Waals surface area contributed by atoms with Crippen LogP contribution in [0.1, 0.15) is 35.7 Å². The van der Waals surface area contributed by atoms with Gasteiger partial charge in [0.15, 0.2) is 0 Å². The molecule has 1 saturated carbocycles. The second kappa shape index (κ2) is 4.81. The van der Waals surface area contributed by atoms with Crippen LogP contribution in [0.25, 0.3) is 10.9 Å². The highest BCUT2D eigenvalue weighted by Crippen LogP contribution is 2.55. The van der Waals surface area contributed by atoms with Crippen LogP contribution in [-0.4, -0.2) is 31.6 Å². The summed E-state index contributed by atoms with van der Waals surface area (Å²) in [5.74, 6) is -0.363. The van der Waals surface area contributed by atoms with E-state index >= 15 is 0 Å². The monoisotopic (exact) mass is 337 g/mol. The number of halogens is 1. The SMILES string of the molecule is O=C(O)N1C(c2cccc(F)c2)c2[nH]c3cnccc3c2CC12CC2. The molecule has 2 aromatic heterocycles. The van der Waals surface area contributed by atoms with Crippen LogP contribution in [0.5, 0.6) is 0 Å². The number of rotatable bonds is 1. The number of hydrogen-bond acceptors (Lipinski definition) is 2. The van der Waals surface area contributed by atoms with E-state index in [1.54, 1.807) is 24.5 Å². The van der Waals surface area contributed by atoms with E-state index in [2.05, 4.69) is 9.97 Å². The first-order chi connectivity index (χ1) is 12.1. The van der Waals surface area contributed by atoms with Gasteiger partial charge in [-0.1, -0.05) is 12.1 Å². The third-order valence-electron chi connectivity index (χ3n) is 5.49. The standard InChI is InChI=1S/C19H16FN3O2/c20-12-3-1-2-11(8-12)17-16-14(13-4-7-21-10-15(13)22-16)9-19(5-6-19)23(17)18(24)25/h1-4,7-8,10,17,22H,5-6,9H2,(H,24,25). The number of benzene rings is 1. The first-order valence-electron chi connectivity index (χ1n) is 8.31. The van der Waals surface area contributed by atoms with Crippen molar-refractivity contribution in [1.82, 2.24) is 14.9 Å². The fourth-order valence-corrected chi connectivity index (χ4v) is 4.23. The average Bonchev–Trinajstić information content (AvgIpc) is 3.25. The number of nitrogens with zero attached hydrogens (tertiary/aromatic N) is 2. The van der Waals surface area contributed by atoms with Crippen LogP contribution in [0.4, 0.5) is 9.18 Å². The molecule has 1 aliphatic carbocycles. The zero-order valence-electron chi connectivity index (χ0n) is 13.4. The topological polar surface area (TPSA) is 69.2 Å². The number of hydrogen-bond donors (Lipinski definition) is 2. The Hall–Kier alpha value is -2.89. The lowest BCUT2D eigenvalue weighted by Gasteiger charge is -2.41. The van der Waals surface area contributed by atoms with E-state index in [0.29, 0.717) is 12.0 Å². The van der Waals surface area contributed by atoms with Crippen LogP contribution in [0.3, 0.4) is 0 Å². The number of carboxylic acid groups (broad SMARTS) is 1. The maximum atomic E-state index is 13.9. The molecule has 5 nitrogen and oxygen atoms in total. The highest BCUT2D eigenvalue weighted by Gasteiger charge is 2.57. The maximum absolute atomic E-state index is 13.9. The largest absolute Gasteiger partial charge is 0.465 e. The summed E-state index contributed by atoms with van der Waals surface area (Å²) < 4.78 is 13.9. The highest BCUT2D eigenvalue weighted by atomic mass is 19.1. The summed E-state index contributed by atoms with van der Waals surface area (Å²) in [5.41, 5.74) is 3.11. The van der Waals surface area contributed by atoms with Gasteiger partial charge >= 0.3 is 6.09 Å². The third-order valence-corrected chi connectivity index (χ3v) is 5.49. The van der Waals surface area contributed by atoms with E-state index in [9.17, 15) is 14.3 Å². The van der Waals surface area contributed by atoms with Gasteiger partial charge in [0.05, 0.1) is 17.3 Å². The molecule has 1 unspecified atom stereocenters. The smallest absolute Gasteiger partial charge is 0.408 e. The molecule has 3 aromatic rings. The minimum Gasteiger partial charge on any atom is -0.465 e. The fourth-order valence-electron chi connectivity index (χ4n) is 4.23. The molecule has 5 rings (SSSR count). The lowest BCUT2D eigenvalue weighted by atomic mass is 9.87.